The van der Waals surface area contributed by atoms with Crippen molar-refractivity contribution in [1.29, 1.82) is 0 Å². The minimum absolute atomic E-state index is 0.0638. The molecule has 0 saturated carbocycles. The van der Waals surface area contributed by atoms with Crippen molar-refractivity contribution in [3.63, 3.8) is 0 Å². The number of Topliss-reactive ketones (excluding diaryl/α,β-unsaturated/α-hetero) is 1. The van der Waals surface area contributed by atoms with Gasteiger partial charge in [-0.25, -0.2) is 9.59 Å². The highest BCUT2D eigenvalue weighted by molar-refractivity contribution is 6.19. The largest absolute Gasteiger partial charge is 0.460 e. The summed E-state index contributed by atoms with van der Waals surface area (Å²) in [5.41, 5.74) is 0.975. The Balaban J connectivity index is 2.08. The van der Waals surface area contributed by atoms with Crippen LogP contribution in [0.5, 0.6) is 5.75 Å². The number of esters is 2. The minimum Gasteiger partial charge on any atom is -0.460 e. The van der Waals surface area contributed by atoms with Crippen LogP contribution in [0.4, 0.5) is 0 Å². The fraction of sp³-hybridized carbons (Fsp3) is 0.190. The molecule has 6 nitrogen and oxygen atoms in total. The first-order chi connectivity index (χ1) is 13.0. The average molecular weight is 368 g/mol. The summed E-state index contributed by atoms with van der Waals surface area (Å²) in [5.74, 6) is -1.23. The lowest BCUT2D eigenvalue weighted by molar-refractivity contribution is -0.141. The molecule has 0 N–H and O–H groups in total. The molecule has 2 rings (SSSR count). The Hall–Kier alpha value is -3.25. The molecule has 0 heterocycles. The van der Waals surface area contributed by atoms with Gasteiger partial charge >= 0.3 is 11.9 Å². The first-order valence-electron chi connectivity index (χ1n) is 8.27. The lowest BCUT2D eigenvalue weighted by Crippen LogP contribution is -2.16. The maximum atomic E-state index is 12.0. The number of rotatable bonds is 8. The van der Waals surface area contributed by atoms with E-state index in [4.69, 9.17) is 14.2 Å². The predicted molar refractivity (Wildman–Crippen MR) is 99.3 cm³/mol. The zero-order valence-electron chi connectivity index (χ0n) is 15.1. The Morgan fingerprint density at radius 2 is 1.59 bits per heavy atom. The standard InChI is InChI=1S/C21H20O6/c1-15(22)19(21(24)26-13-12-25-2)14-16-8-10-18(11-9-16)27-20(23)17-6-4-3-5-7-17/h3-11,14H,12-13H2,1-2H3/b19-14+. The molecule has 0 aliphatic rings. The Morgan fingerprint density at radius 3 is 2.19 bits per heavy atom. The van der Waals surface area contributed by atoms with E-state index in [1.807, 2.05) is 6.07 Å². The molecule has 2 aromatic rings. The molecule has 0 aromatic heterocycles. The fourth-order valence-corrected chi connectivity index (χ4v) is 2.14. The van der Waals surface area contributed by atoms with Gasteiger partial charge in [0.15, 0.2) is 5.78 Å². The van der Waals surface area contributed by atoms with Crippen molar-refractivity contribution >= 4 is 23.8 Å². The third-order valence-electron chi connectivity index (χ3n) is 3.53. The van der Waals surface area contributed by atoms with Crippen LogP contribution < -0.4 is 4.74 Å². The van der Waals surface area contributed by atoms with Gasteiger partial charge in [-0.05, 0) is 42.8 Å². The van der Waals surface area contributed by atoms with Crippen LogP contribution in [0.25, 0.3) is 6.08 Å². The maximum absolute atomic E-state index is 12.0. The van der Waals surface area contributed by atoms with E-state index in [1.165, 1.54) is 20.1 Å². The van der Waals surface area contributed by atoms with Gasteiger partial charge in [0, 0.05) is 7.11 Å². The fourth-order valence-electron chi connectivity index (χ4n) is 2.14. The smallest absolute Gasteiger partial charge is 0.343 e. The van der Waals surface area contributed by atoms with Crippen molar-refractivity contribution in [2.45, 2.75) is 6.92 Å². The number of carbonyl (C=O) groups excluding carboxylic acids is 3. The molecule has 2 aromatic carbocycles. The van der Waals surface area contributed by atoms with Gasteiger partial charge in [0.25, 0.3) is 0 Å². The van der Waals surface area contributed by atoms with E-state index in [2.05, 4.69) is 0 Å². The molecular formula is C21H20O6. The van der Waals surface area contributed by atoms with Crippen LogP contribution in [0.15, 0.2) is 60.2 Å². The number of benzene rings is 2. The molecule has 0 aliphatic heterocycles. The van der Waals surface area contributed by atoms with E-state index in [0.29, 0.717) is 16.9 Å². The second-order valence-electron chi connectivity index (χ2n) is 5.57. The van der Waals surface area contributed by atoms with Gasteiger partial charge in [-0.3, -0.25) is 4.79 Å². The van der Waals surface area contributed by atoms with Gasteiger partial charge < -0.3 is 14.2 Å². The SMILES string of the molecule is COCCOC(=O)/C(=C/c1ccc(OC(=O)c2ccccc2)cc1)C(C)=O. The Bertz CT molecular complexity index is 822. The van der Waals surface area contributed by atoms with E-state index < -0.39 is 17.7 Å². The summed E-state index contributed by atoms with van der Waals surface area (Å²) >= 11 is 0. The van der Waals surface area contributed by atoms with Crippen molar-refractivity contribution in [3.05, 3.63) is 71.3 Å². The number of hydrogen-bond acceptors (Lipinski definition) is 6. The van der Waals surface area contributed by atoms with E-state index >= 15 is 0 Å². The van der Waals surface area contributed by atoms with E-state index in [1.54, 1.807) is 48.5 Å². The molecule has 0 unspecified atom stereocenters. The monoisotopic (exact) mass is 368 g/mol. The molecule has 0 bridgehead atoms. The van der Waals surface area contributed by atoms with E-state index in [9.17, 15) is 14.4 Å². The maximum Gasteiger partial charge on any atom is 0.343 e. The molecule has 0 atom stereocenters. The van der Waals surface area contributed by atoms with Crippen molar-refractivity contribution in [2.75, 3.05) is 20.3 Å². The summed E-state index contributed by atoms with van der Waals surface area (Å²) in [5, 5.41) is 0. The normalized spacial score (nSPS) is 11.0. The Kier molecular flexibility index (Phi) is 7.46. The average Bonchev–Trinajstić information content (AvgIpc) is 2.67. The van der Waals surface area contributed by atoms with Crippen LogP contribution >= 0.6 is 0 Å². The number of hydrogen-bond donors (Lipinski definition) is 0. The van der Waals surface area contributed by atoms with Gasteiger partial charge in [0.05, 0.1) is 12.2 Å². The third kappa shape index (κ3) is 6.20. The molecule has 27 heavy (non-hydrogen) atoms. The Morgan fingerprint density at radius 1 is 0.926 bits per heavy atom. The highest BCUT2D eigenvalue weighted by Crippen LogP contribution is 2.17. The van der Waals surface area contributed by atoms with Crippen LogP contribution in [0.3, 0.4) is 0 Å². The topological polar surface area (TPSA) is 78.9 Å². The molecule has 0 aliphatic carbocycles. The summed E-state index contributed by atoms with van der Waals surface area (Å²) in [7, 11) is 1.49. The number of ketones is 1. The van der Waals surface area contributed by atoms with Gasteiger partial charge in [0.1, 0.15) is 17.9 Å². The van der Waals surface area contributed by atoms with Crippen LogP contribution in [0.1, 0.15) is 22.8 Å². The molecule has 0 saturated heterocycles. The zero-order valence-corrected chi connectivity index (χ0v) is 15.1. The van der Waals surface area contributed by atoms with Crippen molar-refractivity contribution < 1.29 is 28.6 Å². The lowest BCUT2D eigenvalue weighted by atomic mass is 10.1. The summed E-state index contributed by atoms with van der Waals surface area (Å²) < 4.78 is 15.1. The van der Waals surface area contributed by atoms with Gasteiger partial charge in [-0.15, -0.1) is 0 Å². The quantitative estimate of drug-likeness (QED) is 0.178. The first-order valence-corrected chi connectivity index (χ1v) is 8.27. The number of ether oxygens (including phenoxy) is 3. The summed E-state index contributed by atoms with van der Waals surface area (Å²) in [6.07, 6.45) is 1.43. The second-order valence-corrected chi connectivity index (χ2v) is 5.57. The molecule has 0 spiro atoms. The highest BCUT2D eigenvalue weighted by atomic mass is 16.6. The van der Waals surface area contributed by atoms with Crippen LogP contribution in [-0.2, 0) is 19.1 Å². The lowest BCUT2D eigenvalue weighted by Gasteiger charge is -2.07. The van der Waals surface area contributed by atoms with E-state index in [0.717, 1.165) is 0 Å². The molecular weight excluding hydrogens is 348 g/mol. The molecule has 0 radical (unpaired) electrons. The van der Waals surface area contributed by atoms with Gasteiger partial charge in [0.2, 0.25) is 0 Å². The first kappa shape index (κ1) is 20.1. The van der Waals surface area contributed by atoms with Crippen LogP contribution in [0.2, 0.25) is 0 Å². The molecule has 0 fully saturated rings. The summed E-state index contributed by atoms with van der Waals surface area (Å²) in [6, 6.07) is 15.1. The molecule has 6 heteroatoms. The van der Waals surface area contributed by atoms with E-state index in [-0.39, 0.29) is 18.8 Å². The van der Waals surface area contributed by atoms with Crippen molar-refractivity contribution in [1.82, 2.24) is 0 Å². The van der Waals surface area contributed by atoms with Crippen molar-refractivity contribution in [3.8, 4) is 5.75 Å². The van der Waals surface area contributed by atoms with Crippen LogP contribution in [-0.4, -0.2) is 38.0 Å². The highest BCUT2D eigenvalue weighted by Gasteiger charge is 2.16. The number of methoxy groups -OCH3 is 1. The van der Waals surface area contributed by atoms with Gasteiger partial charge in [-0.2, -0.15) is 0 Å². The zero-order chi connectivity index (χ0) is 19.6. The summed E-state index contributed by atoms with van der Waals surface area (Å²) in [6.45, 7) is 1.60. The van der Waals surface area contributed by atoms with Crippen molar-refractivity contribution in [2.24, 2.45) is 0 Å². The third-order valence-corrected chi connectivity index (χ3v) is 3.53. The summed E-state index contributed by atoms with van der Waals surface area (Å²) in [4.78, 5) is 35.7. The van der Waals surface area contributed by atoms with Crippen LogP contribution in [0, 0.1) is 0 Å². The molecule has 0 amide bonds. The predicted octanol–water partition coefficient (Wildman–Crippen LogP) is 3.07. The molecule has 140 valence electrons. The number of carbonyl (C=O) groups is 3. The minimum atomic E-state index is -0.709. The second kappa shape index (κ2) is 10.0. The van der Waals surface area contributed by atoms with Gasteiger partial charge in [-0.1, -0.05) is 30.3 Å². The Labute approximate surface area is 157 Å².